The van der Waals surface area contributed by atoms with Crippen molar-refractivity contribution in [3.63, 3.8) is 0 Å². The highest BCUT2D eigenvalue weighted by molar-refractivity contribution is 5.23. The molecular weight excluding hydrogens is 236 g/mol. The van der Waals surface area contributed by atoms with Crippen molar-refractivity contribution in [2.24, 2.45) is 0 Å². The molecule has 2 heteroatoms. The minimum atomic E-state index is -0.272. The van der Waals surface area contributed by atoms with Crippen LogP contribution in [0.3, 0.4) is 0 Å². The first-order chi connectivity index (χ1) is 9.21. The Morgan fingerprint density at radius 3 is 2.74 bits per heavy atom. The number of aliphatic hydroxyl groups is 1. The van der Waals surface area contributed by atoms with Gasteiger partial charge < -0.3 is 9.52 Å². The van der Waals surface area contributed by atoms with Gasteiger partial charge in [0.05, 0.1) is 6.10 Å². The first-order valence-electron chi connectivity index (χ1n) is 7.60. The summed E-state index contributed by atoms with van der Waals surface area (Å²) in [4.78, 5) is 0. The van der Waals surface area contributed by atoms with E-state index < -0.39 is 0 Å². The van der Waals surface area contributed by atoms with E-state index in [9.17, 15) is 5.11 Å². The van der Waals surface area contributed by atoms with Crippen LogP contribution in [0.25, 0.3) is 0 Å². The number of hydrogen-bond acceptors (Lipinski definition) is 2. The van der Waals surface area contributed by atoms with Gasteiger partial charge in [0, 0.05) is 12.8 Å². The molecule has 0 aliphatic rings. The maximum absolute atomic E-state index is 9.87. The molecule has 1 heterocycles. The van der Waals surface area contributed by atoms with Crippen molar-refractivity contribution in [2.75, 3.05) is 0 Å². The number of aryl methyl sites for hydroxylation is 2. The van der Waals surface area contributed by atoms with Crippen LogP contribution >= 0.6 is 0 Å². The molecule has 1 N–H and O–H groups in total. The third kappa shape index (κ3) is 5.65. The Morgan fingerprint density at radius 2 is 2.11 bits per heavy atom. The van der Waals surface area contributed by atoms with Crippen LogP contribution in [0, 0.1) is 0 Å². The molecule has 1 aromatic heterocycles. The van der Waals surface area contributed by atoms with Crippen molar-refractivity contribution < 1.29 is 9.52 Å². The smallest absolute Gasteiger partial charge is 0.107 e. The summed E-state index contributed by atoms with van der Waals surface area (Å²) in [5, 5.41) is 9.87. The van der Waals surface area contributed by atoms with Crippen molar-refractivity contribution in [3.8, 4) is 0 Å². The van der Waals surface area contributed by atoms with Gasteiger partial charge in [-0.15, -0.1) is 6.58 Å². The van der Waals surface area contributed by atoms with Crippen molar-refractivity contribution in [3.05, 3.63) is 35.8 Å². The van der Waals surface area contributed by atoms with E-state index >= 15 is 0 Å². The minimum Gasteiger partial charge on any atom is -0.466 e. The maximum Gasteiger partial charge on any atom is 0.107 e. The molecule has 2 nitrogen and oxygen atoms in total. The molecule has 108 valence electrons. The molecule has 1 unspecified atom stereocenters. The summed E-state index contributed by atoms with van der Waals surface area (Å²) < 4.78 is 5.92. The van der Waals surface area contributed by atoms with E-state index in [0.29, 0.717) is 6.42 Å². The number of allylic oxidation sites excluding steroid dienone is 1. The molecule has 0 saturated carbocycles. The van der Waals surface area contributed by atoms with Gasteiger partial charge in [-0.1, -0.05) is 26.3 Å². The van der Waals surface area contributed by atoms with Crippen LogP contribution in [0.5, 0.6) is 0 Å². The first-order valence-corrected chi connectivity index (χ1v) is 7.60. The zero-order valence-corrected chi connectivity index (χ0v) is 12.5. The van der Waals surface area contributed by atoms with E-state index in [2.05, 4.69) is 26.5 Å². The fourth-order valence-electron chi connectivity index (χ4n) is 2.38. The topological polar surface area (TPSA) is 33.4 Å². The van der Waals surface area contributed by atoms with Gasteiger partial charge in [0.15, 0.2) is 0 Å². The van der Waals surface area contributed by atoms with E-state index in [0.717, 1.165) is 56.5 Å². The number of rotatable bonds is 10. The molecule has 1 rings (SSSR count). The number of unbranched alkanes of at least 4 members (excludes halogenated alkanes) is 1. The van der Waals surface area contributed by atoms with Crippen LogP contribution in [0.4, 0.5) is 0 Å². The molecule has 0 spiro atoms. The van der Waals surface area contributed by atoms with Gasteiger partial charge in [-0.2, -0.15) is 0 Å². The second-order valence-electron chi connectivity index (χ2n) is 5.24. The fourth-order valence-corrected chi connectivity index (χ4v) is 2.38. The van der Waals surface area contributed by atoms with E-state index in [1.54, 1.807) is 0 Å². The molecule has 19 heavy (non-hydrogen) atoms. The largest absolute Gasteiger partial charge is 0.466 e. The van der Waals surface area contributed by atoms with Gasteiger partial charge in [0.1, 0.15) is 11.5 Å². The second kappa shape index (κ2) is 8.98. The predicted molar refractivity (Wildman–Crippen MR) is 80.5 cm³/mol. The highest BCUT2D eigenvalue weighted by Gasteiger charge is 2.13. The summed E-state index contributed by atoms with van der Waals surface area (Å²) in [6, 6.07) is 2.15. The van der Waals surface area contributed by atoms with E-state index in [1.165, 1.54) is 5.56 Å². The molecule has 1 aromatic rings. The summed E-state index contributed by atoms with van der Waals surface area (Å²) in [6.45, 7) is 8.02. The molecule has 0 radical (unpaired) electrons. The Morgan fingerprint density at radius 1 is 1.32 bits per heavy atom. The van der Waals surface area contributed by atoms with Gasteiger partial charge in [-0.3, -0.25) is 0 Å². The average molecular weight is 264 g/mol. The van der Waals surface area contributed by atoms with Crippen molar-refractivity contribution >= 4 is 0 Å². The maximum atomic E-state index is 9.87. The molecule has 0 amide bonds. The van der Waals surface area contributed by atoms with Gasteiger partial charge in [-0.25, -0.2) is 0 Å². The predicted octanol–water partition coefficient (Wildman–Crippen LogP) is 4.44. The van der Waals surface area contributed by atoms with E-state index in [4.69, 9.17) is 4.42 Å². The van der Waals surface area contributed by atoms with Crippen LogP contribution in [-0.2, 0) is 19.3 Å². The highest BCUT2D eigenvalue weighted by Crippen LogP contribution is 2.21. The Hall–Kier alpha value is -1.02. The molecule has 0 aromatic carbocycles. The third-order valence-corrected chi connectivity index (χ3v) is 3.34. The Bertz CT molecular complexity index is 365. The molecule has 0 fully saturated rings. The quantitative estimate of drug-likeness (QED) is 0.500. The zero-order valence-electron chi connectivity index (χ0n) is 12.5. The van der Waals surface area contributed by atoms with Crippen LogP contribution < -0.4 is 0 Å². The van der Waals surface area contributed by atoms with Crippen molar-refractivity contribution in [1.29, 1.82) is 0 Å². The standard InChI is InChI=1S/C17H28O2/c1-4-7-8-11-14-12-16(13-15(18)9-5-2)19-17(14)10-6-3/h4,12,15,18H,1,5-11,13H2,2-3H3. The van der Waals surface area contributed by atoms with Crippen LogP contribution in [0.15, 0.2) is 23.1 Å². The lowest BCUT2D eigenvalue weighted by atomic mass is 10.0. The number of hydrogen-bond donors (Lipinski definition) is 1. The lowest BCUT2D eigenvalue weighted by molar-refractivity contribution is 0.156. The van der Waals surface area contributed by atoms with Crippen LogP contribution in [0.1, 0.15) is 63.0 Å². The molecule has 0 saturated heterocycles. The Balaban J connectivity index is 2.66. The lowest BCUT2D eigenvalue weighted by Gasteiger charge is -2.05. The number of furan rings is 1. The first kappa shape index (κ1) is 16.0. The van der Waals surface area contributed by atoms with Gasteiger partial charge in [0.2, 0.25) is 0 Å². The van der Waals surface area contributed by atoms with E-state index in [1.807, 2.05) is 6.08 Å². The fraction of sp³-hybridized carbons (Fsp3) is 0.647. The van der Waals surface area contributed by atoms with Crippen molar-refractivity contribution in [2.45, 2.75) is 71.3 Å². The van der Waals surface area contributed by atoms with Gasteiger partial charge in [0.25, 0.3) is 0 Å². The number of aliphatic hydroxyl groups excluding tert-OH is 1. The van der Waals surface area contributed by atoms with Crippen molar-refractivity contribution in [1.82, 2.24) is 0 Å². The molecule has 0 bridgehead atoms. The zero-order chi connectivity index (χ0) is 14.1. The lowest BCUT2D eigenvalue weighted by Crippen LogP contribution is -2.08. The summed E-state index contributed by atoms with van der Waals surface area (Å²) in [7, 11) is 0. The molecular formula is C17H28O2. The van der Waals surface area contributed by atoms with Gasteiger partial charge >= 0.3 is 0 Å². The second-order valence-corrected chi connectivity index (χ2v) is 5.24. The monoisotopic (exact) mass is 264 g/mol. The summed E-state index contributed by atoms with van der Waals surface area (Å²) in [5.41, 5.74) is 1.32. The Kier molecular flexibility index (Phi) is 7.57. The van der Waals surface area contributed by atoms with E-state index in [-0.39, 0.29) is 6.10 Å². The summed E-state index contributed by atoms with van der Waals surface area (Å²) >= 11 is 0. The summed E-state index contributed by atoms with van der Waals surface area (Å²) in [6.07, 6.45) is 9.50. The molecule has 1 atom stereocenters. The third-order valence-electron chi connectivity index (χ3n) is 3.34. The molecule has 0 aliphatic heterocycles. The Labute approximate surface area is 117 Å². The average Bonchev–Trinajstić information content (AvgIpc) is 2.72. The highest BCUT2D eigenvalue weighted by atomic mass is 16.3. The van der Waals surface area contributed by atoms with Gasteiger partial charge in [-0.05, 0) is 43.7 Å². The minimum absolute atomic E-state index is 0.272. The molecule has 0 aliphatic carbocycles. The SMILES string of the molecule is C=CCCCc1cc(CC(O)CCC)oc1CCC. The van der Waals surface area contributed by atoms with Crippen LogP contribution in [-0.4, -0.2) is 11.2 Å². The summed E-state index contributed by atoms with van der Waals surface area (Å²) in [5.74, 6) is 2.06. The van der Waals surface area contributed by atoms with Crippen LogP contribution in [0.2, 0.25) is 0 Å². The normalized spacial score (nSPS) is 12.6.